The minimum atomic E-state index is -2.24. The Bertz CT molecular complexity index is 2560. The van der Waals surface area contributed by atoms with Crippen molar-refractivity contribution in [2.24, 2.45) is 0 Å². The highest BCUT2D eigenvalue weighted by Gasteiger charge is 2.59. The second kappa shape index (κ2) is 50.5. The molecule has 3 amide bonds. The van der Waals surface area contributed by atoms with Crippen molar-refractivity contribution in [2.45, 2.75) is 391 Å². The van der Waals surface area contributed by atoms with Crippen LogP contribution < -0.4 is 16.0 Å². The first-order chi connectivity index (χ1) is 52.8. The van der Waals surface area contributed by atoms with Gasteiger partial charge in [-0.1, -0.05) is 167 Å². The van der Waals surface area contributed by atoms with Crippen molar-refractivity contribution in [1.82, 2.24) is 16.0 Å². The van der Waals surface area contributed by atoms with E-state index >= 15 is 0 Å². The summed E-state index contributed by atoms with van der Waals surface area (Å²) in [4.78, 5) is 39.1. The SMILES string of the molecule is CCCCCCCCCCCCC/C=C/[C@@H](O)[C@H](CO[C@@H]1OC(CO)[C@@H](O[C@@H]2OC(CO)[C@H](O)[C@H](O[C@@H]3OC(CO)[C@@H](O[C@@H]4OC(CO)[C@H](O)[C@H](O[C@@H]5OC(CO)[C@@H](O[C@@H]6OC(CO)[C@H](O)[C@H](O)C6O)[C@H](O)C5NC(C)=O)C4O)[C@H](O)C3NC(C)=O)C2O)[C@H](O)C1O)NC(=O)CCCCCCCCCCCCCCC. The molecule has 36 heteroatoms. The second-order valence-electron chi connectivity index (χ2n) is 29.9. The second-order valence-corrected chi connectivity index (χ2v) is 29.9. The van der Waals surface area contributed by atoms with E-state index in [0.29, 0.717) is 12.8 Å². The fraction of sp³-hybridized carbons (Fsp3) is 0.932. The van der Waals surface area contributed by atoms with Crippen LogP contribution in [0.3, 0.4) is 0 Å². The van der Waals surface area contributed by atoms with Gasteiger partial charge in [0.25, 0.3) is 0 Å². The van der Waals surface area contributed by atoms with Crippen LogP contribution >= 0.6 is 0 Å². The Morgan fingerprint density at radius 2 is 0.673 bits per heavy atom. The fourth-order valence-corrected chi connectivity index (χ4v) is 14.7. The molecule has 0 aromatic carbocycles. The van der Waals surface area contributed by atoms with Gasteiger partial charge in [0.2, 0.25) is 17.7 Å². The van der Waals surface area contributed by atoms with Crippen molar-refractivity contribution in [3.8, 4) is 0 Å². The number of hydrogen-bond acceptors (Lipinski definition) is 33. The van der Waals surface area contributed by atoms with Gasteiger partial charge in [-0.15, -0.1) is 0 Å². The van der Waals surface area contributed by atoms with Crippen molar-refractivity contribution >= 4 is 17.7 Å². The van der Waals surface area contributed by atoms with Crippen molar-refractivity contribution in [2.75, 3.05) is 46.2 Å². The molecule has 6 aliphatic heterocycles. The van der Waals surface area contributed by atoms with Gasteiger partial charge in [-0.25, -0.2) is 0 Å². The monoisotopic (exact) mass is 1590 g/mol. The van der Waals surface area contributed by atoms with E-state index in [4.69, 9.17) is 56.8 Å². The van der Waals surface area contributed by atoms with Crippen LogP contribution in [0.5, 0.6) is 0 Å². The fourth-order valence-electron chi connectivity index (χ4n) is 14.7. The predicted octanol–water partition coefficient (Wildman–Crippen LogP) is -3.20. The van der Waals surface area contributed by atoms with Crippen molar-refractivity contribution in [3.63, 3.8) is 0 Å². The zero-order valence-corrected chi connectivity index (χ0v) is 64.1. The molecule has 6 aliphatic rings. The Kier molecular flexibility index (Phi) is 44.0. The Labute approximate surface area is 643 Å². The molecule has 0 aromatic rings. The molecule has 642 valence electrons. The van der Waals surface area contributed by atoms with Gasteiger partial charge in [0, 0.05) is 20.3 Å². The maximum Gasteiger partial charge on any atom is 0.220 e. The summed E-state index contributed by atoms with van der Waals surface area (Å²) in [6.45, 7) is 0.0615. The largest absolute Gasteiger partial charge is 0.394 e. The van der Waals surface area contributed by atoms with Crippen LogP contribution in [0.2, 0.25) is 0 Å². The number of aliphatic hydroxyl groups excluding tert-OH is 18. The van der Waals surface area contributed by atoms with Gasteiger partial charge in [-0.2, -0.15) is 0 Å². The van der Waals surface area contributed by atoms with Crippen molar-refractivity contribution in [1.29, 1.82) is 0 Å². The van der Waals surface area contributed by atoms with Crippen molar-refractivity contribution < 1.29 is 163 Å². The molecule has 0 aliphatic carbocycles. The van der Waals surface area contributed by atoms with Gasteiger partial charge < -0.3 is 165 Å². The molecule has 6 fully saturated rings. The molecule has 36 nitrogen and oxygen atoms in total. The van der Waals surface area contributed by atoms with Gasteiger partial charge >= 0.3 is 0 Å². The lowest BCUT2D eigenvalue weighted by Gasteiger charge is -2.51. The molecular weight excluding hydrogens is 1460 g/mol. The average molecular weight is 1590 g/mol. The van der Waals surface area contributed by atoms with Crippen LogP contribution in [0.1, 0.15) is 195 Å². The first-order valence-electron chi connectivity index (χ1n) is 40.0. The summed E-state index contributed by atoms with van der Waals surface area (Å²) >= 11 is 0. The lowest BCUT2D eigenvalue weighted by atomic mass is 9.93. The number of amides is 3. The quantitative estimate of drug-likeness (QED) is 0.0211. The third-order valence-corrected chi connectivity index (χ3v) is 21.2. The molecular formula is C74H133N3O33. The van der Waals surface area contributed by atoms with Crippen LogP contribution in [0, 0.1) is 0 Å². The summed E-state index contributed by atoms with van der Waals surface area (Å²) in [6, 6.07) is -4.66. The smallest absolute Gasteiger partial charge is 0.220 e. The summed E-state index contributed by atoms with van der Waals surface area (Å²) in [7, 11) is 0. The predicted molar refractivity (Wildman–Crippen MR) is 385 cm³/mol. The Balaban J connectivity index is 1.10. The van der Waals surface area contributed by atoms with Gasteiger partial charge in [0.15, 0.2) is 37.7 Å². The first-order valence-corrected chi connectivity index (χ1v) is 40.0. The van der Waals surface area contributed by atoms with Crippen LogP contribution in [-0.2, 0) is 71.2 Å². The zero-order chi connectivity index (χ0) is 80.6. The lowest BCUT2D eigenvalue weighted by molar-refractivity contribution is -0.387. The van der Waals surface area contributed by atoms with E-state index in [9.17, 15) is 106 Å². The van der Waals surface area contributed by atoms with Crippen LogP contribution in [0.25, 0.3) is 0 Å². The number of unbranched alkanes of at least 4 members (excludes halogenated alkanes) is 23. The lowest BCUT2D eigenvalue weighted by Crippen LogP contribution is -2.70. The number of allylic oxidation sites excluding steroid dienone is 1. The van der Waals surface area contributed by atoms with E-state index < -0.39 is 254 Å². The van der Waals surface area contributed by atoms with E-state index in [1.54, 1.807) is 6.08 Å². The van der Waals surface area contributed by atoms with Crippen LogP contribution in [0.4, 0.5) is 0 Å². The number of ether oxygens (including phenoxy) is 12. The Morgan fingerprint density at radius 1 is 0.355 bits per heavy atom. The highest BCUT2D eigenvalue weighted by molar-refractivity contribution is 5.76. The molecule has 0 saturated carbocycles. The number of carbonyl (C=O) groups is 3. The molecule has 21 N–H and O–H groups in total. The molecule has 0 spiro atoms. The Hall–Kier alpha value is -3.05. The first kappa shape index (κ1) is 95.8. The maximum atomic E-state index is 13.5. The maximum absolute atomic E-state index is 13.5. The highest BCUT2D eigenvalue weighted by atomic mass is 16.8. The number of carbonyl (C=O) groups excluding carboxylic acids is 3. The third-order valence-electron chi connectivity index (χ3n) is 21.2. The normalized spacial score (nSPS) is 37.7. The van der Waals surface area contributed by atoms with Crippen LogP contribution in [0.15, 0.2) is 12.2 Å². The zero-order valence-electron chi connectivity index (χ0n) is 64.1. The van der Waals surface area contributed by atoms with E-state index in [0.717, 1.165) is 65.2 Å². The van der Waals surface area contributed by atoms with Gasteiger partial charge in [-0.05, 0) is 19.3 Å². The van der Waals surface area contributed by atoms with E-state index in [1.165, 1.54) is 96.3 Å². The summed E-state index contributed by atoms with van der Waals surface area (Å²) in [6.07, 6.45) is -23.2. The number of rotatable bonds is 50. The third kappa shape index (κ3) is 28.4. The van der Waals surface area contributed by atoms with E-state index in [1.807, 2.05) is 6.08 Å². The number of aliphatic hydroxyl groups is 18. The molecule has 6 heterocycles. The summed E-state index contributed by atoms with van der Waals surface area (Å²) in [5.41, 5.74) is 0. The molecule has 6 saturated heterocycles. The highest BCUT2D eigenvalue weighted by Crippen LogP contribution is 2.38. The van der Waals surface area contributed by atoms with E-state index in [2.05, 4.69) is 29.8 Å². The number of hydrogen-bond donors (Lipinski definition) is 21. The molecule has 32 atom stereocenters. The van der Waals surface area contributed by atoms with Crippen LogP contribution in [-0.4, -0.2) is 352 Å². The molecule has 110 heavy (non-hydrogen) atoms. The van der Waals surface area contributed by atoms with Gasteiger partial charge in [0.1, 0.15) is 146 Å². The van der Waals surface area contributed by atoms with Gasteiger partial charge in [-0.3, -0.25) is 14.4 Å². The minimum Gasteiger partial charge on any atom is -0.394 e. The molecule has 6 rings (SSSR count). The average Bonchev–Trinajstić information content (AvgIpc) is 0.766. The standard InChI is InChI=1S/C74H133N3O33/c1-5-7-9-11-13-15-17-19-21-23-25-27-29-31-43(86)42(77-50(87)32-30-28-26-24-22-20-18-16-14-12-10-8-6-2)39-99-71-61(96)59(94)66(49(38-83)105-71)108-74-63(98)68(55(90)46(35-80)102-74)110-70-52(76-41(4)85)57(92)65(48(37-82)104-70)107-73-62(97)67(54(89)45(34-79)101-73)109-69-51(75-40(3)84)56(91)64(47(36-81)103-69)106-72-60(95)58(93)53(88)44(33-78)100-72/h29,31,42-49,51-74,78-83,86,88-98H,5-28,30,32-39H2,1-4H3,(H,75,84)(H,76,85)(H,77,87)/b31-29+/t42-,43+,44?,45?,46?,47?,48?,49?,51?,52?,53-,54-,55-,56+,57+,58-,59+,60?,61?,62?,63?,64+,65+,66+,67-,68-,69-,70-,71+,72-,73-,74-/m0/s1. The molecule has 0 radical (unpaired) electrons. The summed E-state index contributed by atoms with van der Waals surface area (Å²) in [5.74, 6) is -2.05. The molecule has 0 aromatic heterocycles. The van der Waals surface area contributed by atoms with E-state index in [-0.39, 0.29) is 12.3 Å². The van der Waals surface area contributed by atoms with Crippen molar-refractivity contribution in [3.05, 3.63) is 12.2 Å². The Morgan fingerprint density at radius 3 is 1.05 bits per heavy atom. The van der Waals surface area contributed by atoms with Gasteiger partial charge in [0.05, 0.1) is 58.4 Å². The topological polar surface area (TPSA) is 562 Å². The minimum absolute atomic E-state index is 0.175. The number of nitrogens with one attached hydrogen (secondary N) is 3. The summed E-state index contributed by atoms with van der Waals surface area (Å²) in [5, 5.41) is 208. The molecule has 0 bridgehead atoms. The molecule has 12 unspecified atom stereocenters. The summed E-state index contributed by atoms with van der Waals surface area (Å²) < 4.78 is 70.7.